The predicted octanol–water partition coefficient (Wildman–Crippen LogP) is 3.78. The highest BCUT2D eigenvalue weighted by atomic mass is 32.1. The van der Waals surface area contributed by atoms with Gasteiger partial charge in [-0.15, -0.1) is 0 Å². The molecule has 0 bridgehead atoms. The molecule has 0 amide bonds. The number of benzene rings is 2. The number of thiocarbonyl (C=S) groups is 1. The molecule has 0 spiro atoms. The summed E-state index contributed by atoms with van der Waals surface area (Å²) < 4.78 is 0. The molecule has 0 unspecified atom stereocenters. The Morgan fingerprint density at radius 1 is 1.04 bits per heavy atom. The van der Waals surface area contributed by atoms with E-state index in [-0.39, 0.29) is 0 Å². The van der Waals surface area contributed by atoms with E-state index in [9.17, 15) is 0 Å². The Kier molecular flexibility index (Phi) is 7.01. The fourth-order valence-electron chi connectivity index (χ4n) is 2.05. The molecule has 0 aliphatic heterocycles. The summed E-state index contributed by atoms with van der Waals surface area (Å²) in [5, 5.41) is 7.82. The molecule has 23 heavy (non-hydrogen) atoms. The van der Waals surface area contributed by atoms with Crippen LogP contribution in [-0.4, -0.2) is 17.9 Å². The maximum absolute atomic E-state index is 5.20. The standard InChI is InChI=1S/C19H21N3S/c1-16(14-18-10-6-3-7-11-18)15-21-22-19(23)20-13-12-17-8-4-2-5-9-17/h2-11,14-15H,12-13H2,1H3,(H2,20,22,23)/b16-14+,21-15+. The molecule has 2 N–H and O–H groups in total. The minimum Gasteiger partial charge on any atom is -0.361 e. The van der Waals surface area contributed by atoms with Gasteiger partial charge < -0.3 is 5.32 Å². The van der Waals surface area contributed by atoms with Gasteiger partial charge in [0.1, 0.15) is 0 Å². The van der Waals surface area contributed by atoms with Gasteiger partial charge in [0.25, 0.3) is 0 Å². The number of rotatable bonds is 6. The molecule has 2 aromatic carbocycles. The molecular formula is C19H21N3S. The zero-order valence-electron chi connectivity index (χ0n) is 13.2. The number of hydrogen-bond donors (Lipinski definition) is 2. The Bertz CT molecular complexity index is 664. The molecule has 0 saturated heterocycles. The van der Waals surface area contributed by atoms with Crippen molar-refractivity contribution >= 4 is 29.6 Å². The molecule has 2 rings (SSSR count). The van der Waals surface area contributed by atoms with Crippen LogP contribution in [0.2, 0.25) is 0 Å². The first-order valence-electron chi connectivity index (χ1n) is 7.58. The van der Waals surface area contributed by atoms with E-state index >= 15 is 0 Å². The summed E-state index contributed by atoms with van der Waals surface area (Å²) in [5.74, 6) is 0. The molecule has 4 heteroatoms. The van der Waals surface area contributed by atoms with Crippen molar-refractivity contribution in [3.8, 4) is 0 Å². The number of allylic oxidation sites excluding steroid dienone is 1. The van der Waals surface area contributed by atoms with Crippen LogP contribution in [0.4, 0.5) is 0 Å². The Morgan fingerprint density at radius 2 is 1.70 bits per heavy atom. The topological polar surface area (TPSA) is 36.4 Å². The minimum atomic E-state index is 0.532. The van der Waals surface area contributed by atoms with Crippen molar-refractivity contribution in [2.75, 3.05) is 6.54 Å². The first-order chi connectivity index (χ1) is 11.2. The van der Waals surface area contributed by atoms with Gasteiger partial charge in [-0.3, -0.25) is 5.43 Å². The van der Waals surface area contributed by atoms with Gasteiger partial charge >= 0.3 is 0 Å². The van der Waals surface area contributed by atoms with Crippen molar-refractivity contribution in [2.45, 2.75) is 13.3 Å². The molecule has 118 valence electrons. The summed E-state index contributed by atoms with van der Waals surface area (Å²) in [6, 6.07) is 20.4. The van der Waals surface area contributed by atoms with E-state index in [0.29, 0.717) is 5.11 Å². The maximum Gasteiger partial charge on any atom is 0.186 e. The highest BCUT2D eigenvalue weighted by Crippen LogP contribution is 2.04. The summed E-state index contributed by atoms with van der Waals surface area (Å²) in [6.07, 6.45) is 4.76. The third kappa shape index (κ3) is 6.89. The van der Waals surface area contributed by atoms with Crippen molar-refractivity contribution in [3.63, 3.8) is 0 Å². The first-order valence-corrected chi connectivity index (χ1v) is 7.99. The van der Waals surface area contributed by atoms with Gasteiger partial charge in [0.05, 0.1) is 6.21 Å². The summed E-state index contributed by atoms with van der Waals surface area (Å²) in [5.41, 5.74) is 6.32. The second-order valence-electron chi connectivity index (χ2n) is 5.16. The lowest BCUT2D eigenvalue weighted by atomic mass is 10.1. The Labute approximate surface area is 143 Å². The lowest BCUT2D eigenvalue weighted by Crippen LogP contribution is -2.33. The van der Waals surface area contributed by atoms with Crippen molar-refractivity contribution < 1.29 is 0 Å². The van der Waals surface area contributed by atoms with E-state index in [1.54, 1.807) is 6.21 Å². The largest absolute Gasteiger partial charge is 0.361 e. The molecule has 0 saturated carbocycles. The second kappa shape index (κ2) is 9.54. The van der Waals surface area contributed by atoms with E-state index in [2.05, 4.69) is 46.2 Å². The summed E-state index contributed by atoms with van der Waals surface area (Å²) in [6.45, 7) is 2.79. The predicted molar refractivity (Wildman–Crippen MR) is 102 cm³/mol. The van der Waals surface area contributed by atoms with Gasteiger partial charge in [-0.1, -0.05) is 66.7 Å². The minimum absolute atomic E-state index is 0.532. The van der Waals surface area contributed by atoms with Crippen LogP contribution in [-0.2, 0) is 6.42 Å². The zero-order valence-corrected chi connectivity index (χ0v) is 14.0. The third-order valence-corrected chi connectivity index (χ3v) is 3.41. The molecule has 0 heterocycles. The van der Waals surface area contributed by atoms with Gasteiger partial charge in [0.2, 0.25) is 0 Å². The fourth-order valence-corrected chi connectivity index (χ4v) is 2.20. The monoisotopic (exact) mass is 323 g/mol. The molecule has 0 radical (unpaired) electrons. The number of nitrogens with one attached hydrogen (secondary N) is 2. The molecule has 2 aromatic rings. The quantitative estimate of drug-likeness (QED) is 0.482. The molecule has 3 nitrogen and oxygen atoms in total. The first kappa shape index (κ1) is 16.9. The van der Waals surface area contributed by atoms with Gasteiger partial charge in [0.15, 0.2) is 5.11 Å². The lowest BCUT2D eigenvalue weighted by Gasteiger charge is -2.06. The zero-order chi connectivity index (χ0) is 16.3. The van der Waals surface area contributed by atoms with Gasteiger partial charge in [-0.2, -0.15) is 5.10 Å². The van der Waals surface area contributed by atoms with Crippen LogP contribution < -0.4 is 10.7 Å². The van der Waals surface area contributed by atoms with Crippen LogP contribution in [0, 0.1) is 0 Å². The van der Waals surface area contributed by atoms with Crippen LogP contribution in [0.5, 0.6) is 0 Å². The van der Waals surface area contributed by atoms with Gasteiger partial charge in [-0.05, 0) is 42.3 Å². The molecule has 0 aromatic heterocycles. The van der Waals surface area contributed by atoms with E-state index in [1.165, 1.54) is 5.56 Å². The van der Waals surface area contributed by atoms with Crippen LogP contribution in [0.15, 0.2) is 71.3 Å². The van der Waals surface area contributed by atoms with Crippen LogP contribution in [0.1, 0.15) is 18.1 Å². The lowest BCUT2D eigenvalue weighted by molar-refractivity contribution is 0.838. The van der Waals surface area contributed by atoms with Crippen molar-refractivity contribution in [2.24, 2.45) is 5.10 Å². The molecule has 0 fully saturated rings. The average Bonchev–Trinajstić information content (AvgIpc) is 2.57. The second-order valence-corrected chi connectivity index (χ2v) is 5.57. The normalized spacial score (nSPS) is 11.4. The smallest absolute Gasteiger partial charge is 0.186 e. The van der Waals surface area contributed by atoms with Gasteiger partial charge in [-0.25, -0.2) is 0 Å². The Hall–Kier alpha value is -2.46. The summed E-state index contributed by atoms with van der Waals surface area (Å²) in [7, 11) is 0. The van der Waals surface area contributed by atoms with Crippen LogP contribution >= 0.6 is 12.2 Å². The van der Waals surface area contributed by atoms with Crippen LogP contribution in [0.25, 0.3) is 6.08 Å². The average molecular weight is 323 g/mol. The number of nitrogens with zero attached hydrogens (tertiary/aromatic N) is 1. The maximum atomic E-state index is 5.20. The molecule has 0 aliphatic carbocycles. The highest BCUT2D eigenvalue weighted by Gasteiger charge is 1.94. The summed E-state index contributed by atoms with van der Waals surface area (Å²) in [4.78, 5) is 0. The van der Waals surface area contributed by atoms with Crippen molar-refractivity contribution in [3.05, 3.63) is 77.4 Å². The highest BCUT2D eigenvalue weighted by molar-refractivity contribution is 7.80. The molecule has 0 aliphatic rings. The van der Waals surface area contributed by atoms with Crippen LogP contribution in [0.3, 0.4) is 0 Å². The number of hydrogen-bond acceptors (Lipinski definition) is 2. The fraction of sp³-hybridized carbons (Fsp3) is 0.158. The Morgan fingerprint density at radius 3 is 2.39 bits per heavy atom. The van der Waals surface area contributed by atoms with Crippen molar-refractivity contribution in [1.82, 2.24) is 10.7 Å². The SMILES string of the molecule is CC(/C=N/NC(=S)NCCc1ccccc1)=C\c1ccccc1. The number of hydrazone groups is 1. The van der Waals surface area contributed by atoms with Gasteiger partial charge in [0, 0.05) is 6.54 Å². The van der Waals surface area contributed by atoms with E-state index in [0.717, 1.165) is 24.1 Å². The Balaban J connectivity index is 1.70. The molecule has 0 atom stereocenters. The third-order valence-electron chi connectivity index (χ3n) is 3.17. The summed E-state index contributed by atoms with van der Waals surface area (Å²) >= 11 is 5.20. The van der Waals surface area contributed by atoms with Crippen molar-refractivity contribution in [1.29, 1.82) is 0 Å². The van der Waals surface area contributed by atoms with E-state index in [4.69, 9.17) is 12.2 Å². The van der Waals surface area contributed by atoms with E-state index in [1.807, 2.05) is 43.3 Å². The molecular weight excluding hydrogens is 302 g/mol. The van der Waals surface area contributed by atoms with E-state index < -0.39 is 0 Å².